The highest BCUT2D eigenvalue weighted by Gasteiger charge is 2.17. The first kappa shape index (κ1) is 17.9. The average Bonchev–Trinajstić information content (AvgIpc) is 2.44. The van der Waals surface area contributed by atoms with Crippen molar-refractivity contribution in [1.29, 1.82) is 0 Å². The molecule has 0 aliphatic rings. The van der Waals surface area contributed by atoms with Crippen molar-refractivity contribution in [1.82, 2.24) is 10.3 Å². The first-order valence-corrected chi connectivity index (χ1v) is 7.91. The zero-order chi connectivity index (χ0) is 15.7. The van der Waals surface area contributed by atoms with E-state index in [-0.39, 0.29) is 11.6 Å². The van der Waals surface area contributed by atoms with Gasteiger partial charge in [0.05, 0.1) is 31.1 Å². The van der Waals surface area contributed by atoms with Crippen LogP contribution in [0, 0.1) is 0 Å². The largest absolute Gasteiger partial charge is 0.492 e. The highest BCUT2D eigenvalue weighted by molar-refractivity contribution is 5.26. The summed E-state index contributed by atoms with van der Waals surface area (Å²) in [5, 5.41) is 3.52. The molecule has 1 heterocycles. The van der Waals surface area contributed by atoms with Gasteiger partial charge in [-0.2, -0.15) is 0 Å². The molecule has 1 aromatic heterocycles. The molecule has 0 saturated heterocycles. The van der Waals surface area contributed by atoms with Gasteiger partial charge in [-0.25, -0.2) is 0 Å². The predicted molar refractivity (Wildman–Crippen MR) is 86.8 cm³/mol. The molecular formula is C17H30N2O2. The van der Waals surface area contributed by atoms with Crippen molar-refractivity contribution in [3.8, 4) is 5.75 Å². The maximum absolute atomic E-state index is 5.93. The average molecular weight is 294 g/mol. The van der Waals surface area contributed by atoms with Crippen LogP contribution in [0.3, 0.4) is 0 Å². The van der Waals surface area contributed by atoms with Gasteiger partial charge in [0.15, 0.2) is 0 Å². The molecule has 1 rings (SSSR count). The van der Waals surface area contributed by atoms with Crippen molar-refractivity contribution >= 4 is 0 Å². The molecule has 21 heavy (non-hydrogen) atoms. The lowest BCUT2D eigenvalue weighted by atomic mass is 10.1. The number of rotatable bonds is 9. The highest BCUT2D eigenvalue weighted by Crippen LogP contribution is 2.20. The van der Waals surface area contributed by atoms with E-state index in [2.05, 4.69) is 51.0 Å². The van der Waals surface area contributed by atoms with Gasteiger partial charge in [0, 0.05) is 6.20 Å². The van der Waals surface area contributed by atoms with Crippen molar-refractivity contribution in [2.24, 2.45) is 0 Å². The summed E-state index contributed by atoms with van der Waals surface area (Å²) < 4.78 is 11.6. The lowest BCUT2D eigenvalue weighted by Gasteiger charge is -2.25. The third kappa shape index (κ3) is 7.44. The molecule has 0 aliphatic heterocycles. The van der Waals surface area contributed by atoms with E-state index in [0.29, 0.717) is 6.61 Å². The first-order valence-electron chi connectivity index (χ1n) is 7.91. The Bertz CT molecular complexity index is 402. The number of hydrogen-bond acceptors (Lipinski definition) is 4. The maximum Gasteiger partial charge on any atom is 0.137 e. The first-order chi connectivity index (χ1) is 9.96. The normalized spacial score (nSPS) is 13.2. The molecule has 0 bridgehead atoms. The van der Waals surface area contributed by atoms with Crippen LogP contribution in [0.2, 0.25) is 0 Å². The summed E-state index contributed by atoms with van der Waals surface area (Å²) in [5.74, 6) is 0.827. The zero-order valence-corrected chi connectivity index (χ0v) is 14.1. The fraction of sp³-hybridized carbons (Fsp3) is 0.706. The second kappa shape index (κ2) is 9.00. The predicted octanol–water partition coefficient (Wildman–Crippen LogP) is 3.73. The Labute approximate surface area is 129 Å². The molecule has 0 spiro atoms. The van der Waals surface area contributed by atoms with E-state index in [1.165, 1.54) is 0 Å². The van der Waals surface area contributed by atoms with Crippen LogP contribution in [0.25, 0.3) is 0 Å². The summed E-state index contributed by atoms with van der Waals surface area (Å²) >= 11 is 0. The summed E-state index contributed by atoms with van der Waals surface area (Å²) in [7, 11) is 0. The third-order valence-corrected chi connectivity index (χ3v) is 2.93. The minimum absolute atomic E-state index is 0.141. The van der Waals surface area contributed by atoms with Gasteiger partial charge >= 0.3 is 0 Å². The molecule has 0 aliphatic carbocycles. The van der Waals surface area contributed by atoms with Crippen molar-refractivity contribution in [3.63, 3.8) is 0 Å². The van der Waals surface area contributed by atoms with E-state index in [9.17, 15) is 0 Å². The molecule has 1 unspecified atom stereocenters. The van der Waals surface area contributed by atoms with Gasteiger partial charge in [0.1, 0.15) is 5.75 Å². The SMILES string of the molecule is CCCNC(COC(C)(C)C)c1cncc(OCCC)c1. The number of nitrogens with one attached hydrogen (secondary N) is 1. The molecule has 0 radical (unpaired) electrons. The van der Waals surface area contributed by atoms with Crippen molar-refractivity contribution < 1.29 is 9.47 Å². The molecule has 1 atom stereocenters. The van der Waals surface area contributed by atoms with Crippen LogP contribution in [0.15, 0.2) is 18.5 Å². The summed E-state index contributed by atoms with van der Waals surface area (Å²) in [5.41, 5.74) is 0.969. The molecule has 0 saturated carbocycles. The molecule has 4 nitrogen and oxygen atoms in total. The monoisotopic (exact) mass is 294 g/mol. The summed E-state index contributed by atoms with van der Waals surface area (Å²) in [4.78, 5) is 4.29. The smallest absolute Gasteiger partial charge is 0.137 e. The fourth-order valence-electron chi connectivity index (χ4n) is 1.85. The lowest BCUT2D eigenvalue weighted by Crippen LogP contribution is -2.30. The maximum atomic E-state index is 5.93. The Kier molecular flexibility index (Phi) is 7.68. The lowest BCUT2D eigenvalue weighted by molar-refractivity contribution is -0.0148. The fourth-order valence-corrected chi connectivity index (χ4v) is 1.85. The van der Waals surface area contributed by atoms with E-state index >= 15 is 0 Å². The Balaban J connectivity index is 2.76. The third-order valence-electron chi connectivity index (χ3n) is 2.93. The Morgan fingerprint density at radius 3 is 2.57 bits per heavy atom. The van der Waals surface area contributed by atoms with E-state index < -0.39 is 0 Å². The topological polar surface area (TPSA) is 43.4 Å². The molecule has 4 heteroatoms. The van der Waals surface area contributed by atoms with Crippen molar-refractivity contribution in [3.05, 3.63) is 24.0 Å². The quantitative estimate of drug-likeness (QED) is 0.753. The van der Waals surface area contributed by atoms with Crippen LogP contribution in [-0.4, -0.2) is 30.3 Å². The van der Waals surface area contributed by atoms with E-state index in [1.54, 1.807) is 6.20 Å². The second-order valence-electron chi connectivity index (χ2n) is 6.23. The minimum atomic E-state index is -0.143. The Hall–Kier alpha value is -1.13. The molecule has 0 fully saturated rings. The minimum Gasteiger partial charge on any atom is -0.492 e. The van der Waals surface area contributed by atoms with Gasteiger partial charge in [-0.05, 0) is 51.8 Å². The summed E-state index contributed by atoms with van der Waals surface area (Å²) in [6.45, 7) is 12.8. The Morgan fingerprint density at radius 1 is 1.19 bits per heavy atom. The van der Waals surface area contributed by atoms with Crippen LogP contribution in [0.4, 0.5) is 0 Å². The molecule has 1 aromatic rings. The van der Waals surface area contributed by atoms with E-state index in [0.717, 1.165) is 37.3 Å². The van der Waals surface area contributed by atoms with E-state index in [4.69, 9.17) is 9.47 Å². The number of ether oxygens (including phenoxy) is 2. The number of hydrogen-bond donors (Lipinski definition) is 1. The van der Waals surface area contributed by atoms with Gasteiger partial charge in [-0.1, -0.05) is 13.8 Å². The van der Waals surface area contributed by atoms with Gasteiger partial charge in [-0.3, -0.25) is 4.98 Å². The highest BCUT2D eigenvalue weighted by atomic mass is 16.5. The van der Waals surface area contributed by atoms with Crippen molar-refractivity contribution in [2.75, 3.05) is 19.8 Å². The van der Waals surface area contributed by atoms with Gasteiger partial charge in [0.2, 0.25) is 0 Å². The standard InChI is InChI=1S/C17H30N2O2/c1-6-8-19-16(13-21-17(3,4)5)14-10-15(12-18-11-14)20-9-7-2/h10-12,16,19H,6-9,13H2,1-5H3. The molecule has 0 aromatic carbocycles. The molecule has 120 valence electrons. The van der Waals surface area contributed by atoms with E-state index in [1.807, 2.05) is 6.20 Å². The van der Waals surface area contributed by atoms with Gasteiger partial charge in [-0.15, -0.1) is 0 Å². The van der Waals surface area contributed by atoms with Gasteiger partial charge < -0.3 is 14.8 Å². The van der Waals surface area contributed by atoms with Crippen molar-refractivity contribution in [2.45, 2.75) is 59.1 Å². The summed E-state index contributed by atoms with van der Waals surface area (Å²) in [6.07, 6.45) is 5.74. The number of nitrogens with zero attached hydrogens (tertiary/aromatic N) is 1. The van der Waals surface area contributed by atoms with Crippen LogP contribution in [-0.2, 0) is 4.74 Å². The molecule has 1 N–H and O–H groups in total. The second-order valence-corrected chi connectivity index (χ2v) is 6.23. The number of pyridine rings is 1. The van der Waals surface area contributed by atoms with Crippen LogP contribution in [0.1, 0.15) is 59.1 Å². The zero-order valence-electron chi connectivity index (χ0n) is 14.1. The van der Waals surface area contributed by atoms with Gasteiger partial charge in [0.25, 0.3) is 0 Å². The molecule has 0 amide bonds. The van der Waals surface area contributed by atoms with Crippen LogP contribution in [0.5, 0.6) is 5.75 Å². The van der Waals surface area contributed by atoms with Crippen LogP contribution < -0.4 is 10.1 Å². The Morgan fingerprint density at radius 2 is 1.95 bits per heavy atom. The summed E-state index contributed by atoms with van der Waals surface area (Å²) in [6, 6.07) is 2.20. The molecular weight excluding hydrogens is 264 g/mol. The van der Waals surface area contributed by atoms with Crippen LogP contribution >= 0.6 is 0 Å². The number of aromatic nitrogens is 1.